The van der Waals surface area contributed by atoms with Crippen LogP contribution < -0.4 is 20.1 Å². The molecule has 0 bridgehead atoms. The zero-order valence-corrected chi connectivity index (χ0v) is 18.4. The Bertz CT molecular complexity index is 713. The lowest BCUT2D eigenvalue weighted by atomic mass is 10.1. The largest absolute Gasteiger partial charge is 0.497 e. The molecule has 0 spiro atoms. The summed E-state index contributed by atoms with van der Waals surface area (Å²) in [5.74, 6) is 1.90. The monoisotopic (exact) mass is 489 g/mol. The summed E-state index contributed by atoms with van der Waals surface area (Å²) in [7, 11) is 5.04. The zero-order valence-electron chi connectivity index (χ0n) is 16.1. The average molecular weight is 489 g/mol. The second kappa shape index (κ2) is 11.7. The van der Waals surface area contributed by atoms with E-state index in [1.165, 1.54) is 0 Å². The number of aliphatic imine (C=N–C) groups is 1. The standard InChI is InChI=1S/C18H27N5O3.HI/c1-5-19-18(20-11-14-6-7-22-23(14)2)21-12-17(24)13-8-15(25-3)10-16(9-13)26-4;/h6-10,17,24H,5,11-12H2,1-4H3,(H2,19,20,21);1H. The van der Waals surface area contributed by atoms with E-state index in [9.17, 15) is 5.11 Å². The Balaban J connectivity index is 0.00000364. The number of hydrogen-bond donors (Lipinski definition) is 3. The summed E-state index contributed by atoms with van der Waals surface area (Å²) in [4.78, 5) is 4.52. The maximum Gasteiger partial charge on any atom is 0.191 e. The minimum Gasteiger partial charge on any atom is -0.497 e. The van der Waals surface area contributed by atoms with E-state index < -0.39 is 6.10 Å². The lowest BCUT2D eigenvalue weighted by Crippen LogP contribution is -2.39. The Morgan fingerprint density at radius 1 is 1.22 bits per heavy atom. The first-order valence-electron chi connectivity index (χ1n) is 8.47. The van der Waals surface area contributed by atoms with Crippen molar-refractivity contribution in [3.63, 3.8) is 0 Å². The lowest BCUT2D eigenvalue weighted by molar-refractivity contribution is 0.180. The van der Waals surface area contributed by atoms with Crippen molar-refractivity contribution in [1.82, 2.24) is 20.4 Å². The van der Waals surface area contributed by atoms with Crippen LogP contribution in [0.3, 0.4) is 0 Å². The number of aromatic nitrogens is 2. The third-order valence-corrected chi connectivity index (χ3v) is 3.89. The van der Waals surface area contributed by atoms with Gasteiger partial charge in [0.15, 0.2) is 5.96 Å². The first-order chi connectivity index (χ1) is 12.6. The molecule has 0 saturated heterocycles. The fourth-order valence-electron chi connectivity index (χ4n) is 2.39. The number of nitrogens with one attached hydrogen (secondary N) is 2. The molecule has 0 radical (unpaired) electrons. The fourth-order valence-corrected chi connectivity index (χ4v) is 2.39. The summed E-state index contributed by atoms with van der Waals surface area (Å²) < 4.78 is 12.3. The maximum absolute atomic E-state index is 10.5. The summed E-state index contributed by atoms with van der Waals surface area (Å²) in [5, 5.41) is 21.0. The zero-order chi connectivity index (χ0) is 18.9. The van der Waals surface area contributed by atoms with Crippen LogP contribution in [0.4, 0.5) is 0 Å². The van der Waals surface area contributed by atoms with Crippen LogP contribution in [-0.4, -0.2) is 48.2 Å². The number of benzene rings is 1. The molecule has 1 aromatic carbocycles. The summed E-state index contributed by atoms with van der Waals surface area (Å²) in [6.07, 6.45) is 1.00. The molecule has 3 N–H and O–H groups in total. The van der Waals surface area contributed by atoms with Crippen molar-refractivity contribution in [3.05, 3.63) is 41.7 Å². The minimum absolute atomic E-state index is 0. The van der Waals surface area contributed by atoms with Gasteiger partial charge in [0, 0.05) is 32.4 Å². The Morgan fingerprint density at radius 3 is 2.41 bits per heavy atom. The molecule has 1 atom stereocenters. The molecule has 27 heavy (non-hydrogen) atoms. The van der Waals surface area contributed by atoms with Gasteiger partial charge < -0.3 is 25.2 Å². The van der Waals surface area contributed by atoms with E-state index in [2.05, 4.69) is 20.7 Å². The van der Waals surface area contributed by atoms with E-state index in [1.54, 1.807) is 43.3 Å². The highest BCUT2D eigenvalue weighted by Crippen LogP contribution is 2.26. The van der Waals surface area contributed by atoms with E-state index in [0.29, 0.717) is 36.1 Å². The van der Waals surface area contributed by atoms with Gasteiger partial charge in [-0.2, -0.15) is 5.10 Å². The number of hydrogen-bond acceptors (Lipinski definition) is 5. The van der Waals surface area contributed by atoms with Crippen LogP contribution >= 0.6 is 24.0 Å². The number of aryl methyl sites for hydroxylation is 1. The lowest BCUT2D eigenvalue weighted by Gasteiger charge is -2.17. The molecule has 2 aromatic rings. The van der Waals surface area contributed by atoms with Gasteiger partial charge in [0.2, 0.25) is 0 Å². The second-order valence-electron chi connectivity index (χ2n) is 5.68. The summed E-state index contributed by atoms with van der Waals surface area (Å²) in [6, 6.07) is 7.26. The Hall–Kier alpha value is -2.01. The van der Waals surface area contributed by atoms with E-state index >= 15 is 0 Å². The second-order valence-corrected chi connectivity index (χ2v) is 5.68. The van der Waals surface area contributed by atoms with Crippen molar-refractivity contribution in [1.29, 1.82) is 0 Å². The number of rotatable bonds is 8. The minimum atomic E-state index is -0.737. The number of nitrogens with zero attached hydrogens (tertiary/aromatic N) is 3. The normalized spacial score (nSPS) is 12.1. The highest BCUT2D eigenvalue weighted by atomic mass is 127. The molecule has 0 aliphatic heterocycles. The summed E-state index contributed by atoms with van der Waals surface area (Å²) in [5.41, 5.74) is 1.71. The van der Waals surface area contributed by atoms with Gasteiger partial charge in [-0.3, -0.25) is 4.68 Å². The Kier molecular flexibility index (Phi) is 9.94. The van der Waals surface area contributed by atoms with Crippen LogP contribution in [0.5, 0.6) is 11.5 Å². The molecule has 150 valence electrons. The van der Waals surface area contributed by atoms with Crippen LogP contribution in [-0.2, 0) is 13.6 Å². The first kappa shape index (κ1) is 23.0. The third-order valence-electron chi connectivity index (χ3n) is 3.89. The molecule has 8 nitrogen and oxygen atoms in total. The van der Waals surface area contributed by atoms with E-state index in [0.717, 1.165) is 12.2 Å². The van der Waals surface area contributed by atoms with Crippen molar-refractivity contribution in [2.24, 2.45) is 12.0 Å². The van der Waals surface area contributed by atoms with E-state index in [1.807, 2.05) is 20.0 Å². The van der Waals surface area contributed by atoms with Crippen molar-refractivity contribution in [2.75, 3.05) is 27.3 Å². The number of guanidine groups is 1. The Morgan fingerprint density at radius 2 is 1.89 bits per heavy atom. The molecule has 1 unspecified atom stereocenters. The van der Waals surface area contributed by atoms with E-state index in [4.69, 9.17) is 9.47 Å². The molecular weight excluding hydrogens is 461 g/mol. The van der Waals surface area contributed by atoms with Crippen molar-refractivity contribution >= 4 is 29.9 Å². The fraction of sp³-hybridized carbons (Fsp3) is 0.444. The maximum atomic E-state index is 10.5. The molecule has 2 rings (SSSR count). The number of aliphatic hydroxyl groups excluding tert-OH is 1. The van der Waals surface area contributed by atoms with Crippen molar-refractivity contribution in [3.8, 4) is 11.5 Å². The molecule has 1 aromatic heterocycles. The number of halogens is 1. The van der Waals surface area contributed by atoms with Crippen LogP contribution in [0.1, 0.15) is 24.3 Å². The van der Waals surface area contributed by atoms with Crippen molar-refractivity contribution < 1.29 is 14.6 Å². The predicted octanol–water partition coefficient (Wildman–Crippen LogP) is 1.84. The SMILES string of the molecule is CCNC(=NCc1ccnn1C)NCC(O)c1cc(OC)cc(OC)c1.I. The quantitative estimate of drug-likeness (QED) is 0.298. The van der Waals surface area contributed by atoms with Crippen molar-refractivity contribution in [2.45, 2.75) is 19.6 Å². The smallest absolute Gasteiger partial charge is 0.191 e. The van der Waals surface area contributed by atoms with Gasteiger partial charge in [0.05, 0.1) is 32.6 Å². The molecule has 0 amide bonds. The molecular formula is C18H28IN5O3. The molecule has 9 heteroatoms. The first-order valence-corrected chi connectivity index (χ1v) is 8.47. The van der Waals surface area contributed by atoms with Gasteiger partial charge in [0.1, 0.15) is 11.5 Å². The van der Waals surface area contributed by atoms with Crippen LogP contribution in [0.15, 0.2) is 35.5 Å². The topological polar surface area (TPSA) is 92.9 Å². The van der Waals surface area contributed by atoms with Crippen LogP contribution in [0, 0.1) is 0 Å². The Labute approximate surface area is 177 Å². The third kappa shape index (κ3) is 6.90. The summed E-state index contributed by atoms with van der Waals surface area (Å²) >= 11 is 0. The van der Waals surface area contributed by atoms with Gasteiger partial charge in [-0.1, -0.05) is 0 Å². The molecule has 0 aliphatic carbocycles. The molecule has 0 saturated carbocycles. The van der Waals surface area contributed by atoms with Gasteiger partial charge in [-0.15, -0.1) is 24.0 Å². The molecule has 0 aliphatic rings. The number of ether oxygens (including phenoxy) is 2. The molecule has 1 heterocycles. The van der Waals surface area contributed by atoms with E-state index in [-0.39, 0.29) is 24.0 Å². The van der Waals surface area contributed by atoms with Gasteiger partial charge in [0.25, 0.3) is 0 Å². The highest BCUT2D eigenvalue weighted by Gasteiger charge is 2.12. The molecule has 0 fully saturated rings. The average Bonchev–Trinajstić information content (AvgIpc) is 3.08. The highest BCUT2D eigenvalue weighted by molar-refractivity contribution is 14.0. The number of aliphatic hydroxyl groups is 1. The number of methoxy groups -OCH3 is 2. The van der Waals surface area contributed by atoms with Crippen LogP contribution in [0.25, 0.3) is 0 Å². The van der Waals surface area contributed by atoms with Gasteiger partial charge in [-0.05, 0) is 30.7 Å². The van der Waals surface area contributed by atoms with Gasteiger partial charge in [-0.25, -0.2) is 4.99 Å². The predicted molar refractivity (Wildman–Crippen MR) is 116 cm³/mol. The van der Waals surface area contributed by atoms with Crippen LogP contribution in [0.2, 0.25) is 0 Å². The van der Waals surface area contributed by atoms with Gasteiger partial charge >= 0.3 is 0 Å². The summed E-state index contributed by atoms with van der Waals surface area (Å²) in [6.45, 7) is 3.51.